The highest BCUT2D eigenvalue weighted by atomic mass is 35.5. The molecule has 0 bridgehead atoms. The number of hydrogen-bond acceptors (Lipinski definition) is 2. The van der Waals surface area contributed by atoms with Crippen molar-refractivity contribution in [3.63, 3.8) is 0 Å². The summed E-state index contributed by atoms with van der Waals surface area (Å²) in [6.45, 7) is 4.02. The molecule has 142 valence electrons. The van der Waals surface area contributed by atoms with Gasteiger partial charge in [0.1, 0.15) is 5.75 Å². The van der Waals surface area contributed by atoms with Crippen LogP contribution in [0.2, 0.25) is 0 Å². The summed E-state index contributed by atoms with van der Waals surface area (Å²) in [6.07, 6.45) is 8.43. The van der Waals surface area contributed by atoms with Crippen molar-refractivity contribution >= 4 is 12.4 Å². The molecular weight excluding hydrogens is 342 g/mol. The van der Waals surface area contributed by atoms with Crippen LogP contribution in [0.4, 0.5) is 0 Å². The van der Waals surface area contributed by atoms with Gasteiger partial charge >= 0.3 is 0 Å². The Balaban J connectivity index is 0.00000243. The molecular formula is C23H32ClNO. The van der Waals surface area contributed by atoms with Gasteiger partial charge < -0.3 is 10.1 Å². The zero-order valence-corrected chi connectivity index (χ0v) is 16.7. The minimum absolute atomic E-state index is 0. The van der Waals surface area contributed by atoms with E-state index in [1.54, 1.807) is 0 Å². The molecule has 2 aromatic carbocycles. The van der Waals surface area contributed by atoms with Crippen LogP contribution in [0, 0.1) is 0 Å². The van der Waals surface area contributed by atoms with Gasteiger partial charge in [-0.1, -0.05) is 56.2 Å². The van der Waals surface area contributed by atoms with E-state index in [0.29, 0.717) is 6.04 Å². The van der Waals surface area contributed by atoms with Crippen LogP contribution in [-0.4, -0.2) is 12.6 Å². The molecule has 26 heavy (non-hydrogen) atoms. The third-order valence-corrected chi connectivity index (χ3v) is 5.10. The fourth-order valence-corrected chi connectivity index (χ4v) is 3.61. The first kappa shape index (κ1) is 20.8. The highest BCUT2D eigenvalue weighted by Crippen LogP contribution is 2.25. The molecule has 0 amide bonds. The Morgan fingerprint density at radius 1 is 1.04 bits per heavy atom. The molecule has 3 heteroatoms. The molecule has 0 saturated carbocycles. The Morgan fingerprint density at radius 3 is 2.69 bits per heavy atom. The minimum Gasteiger partial charge on any atom is -0.494 e. The van der Waals surface area contributed by atoms with Gasteiger partial charge in [-0.05, 0) is 60.9 Å². The van der Waals surface area contributed by atoms with E-state index in [0.717, 1.165) is 31.7 Å². The summed E-state index contributed by atoms with van der Waals surface area (Å²) >= 11 is 0. The molecule has 0 fully saturated rings. The van der Waals surface area contributed by atoms with E-state index < -0.39 is 0 Å². The van der Waals surface area contributed by atoms with Gasteiger partial charge in [0.25, 0.3) is 0 Å². The number of benzene rings is 2. The molecule has 1 N–H and O–H groups in total. The lowest BCUT2D eigenvalue weighted by molar-refractivity contribution is 0.306. The van der Waals surface area contributed by atoms with Crippen molar-refractivity contribution in [3.05, 3.63) is 65.2 Å². The first-order valence-corrected chi connectivity index (χ1v) is 9.87. The molecule has 0 aromatic heterocycles. The third kappa shape index (κ3) is 6.34. The topological polar surface area (TPSA) is 21.3 Å². The molecule has 1 aliphatic carbocycles. The Kier molecular flexibility index (Phi) is 9.00. The van der Waals surface area contributed by atoms with Crippen LogP contribution in [0.1, 0.15) is 55.7 Å². The molecule has 0 aliphatic heterocycles. The standard InChI is InChI=1S/C23H31NO.ClH/c1-2-3-7-15-25-23-14-13-20-11-8-12-22(16-21(20)17-23)24-18-19-9-5-4-6-10-19;/h4-6,9-10,13-14,17,22,24H,2-3,7-8,11-12,15-16,18H2,1H3;1H. The van der Waals surface area contributed by atoms with Crippen LogP contribution in [-0.2, 0) is 19.4 Å². The smallest absolute Gasteiger partial charge is 0.119 e. The van der Waals surface area contributed by atoms with Crippen molar-refractivity contribution < 1.29 is 4.74 Å². The van der Waals surface area contributed by atoms with Crippen molar-refractivity contribution in [1.82, 2.24) is 5.32 Å². The van der Waals surface area contributed by atoms with E-state index in [4.69, 9.17) is 4.74 Å². The zero-order valence-electron chi connectivity index (χ0n) is 15.9. The maximum Gasteiger partial charge on any atom is 0.119 e. The van der Waals surface area contributed by atoms with E-state index in [1.165, 1.54) is 48.8 Å². The van der Waals surface area contributed by atoms with Crippen LogP contribution in [0.25, 0.3) is 0 Å². The summed E-state index contributed by atoms with van der Waals surface area (Å²) in [5.41, 5.74) is 4.33. The van der Waals surface area contributed by atoms with Gasteiger partial charge in [-0.2, -0.15) is 0 Å². The lowest BCUT2D eigenvalue weighted by atomic mass is 10.0. The number of fused-ring (bicyclic) bond motifs is 1. The van der Waals surface area contributed by atoms with Gasteiger partial charge in [0, 0.05) is 12.6 Å². The summed E-state index contributed by atoms with van der Waals surface area (Å²) in [5.74, 6) is 1.04. The van der Waals surface area contributed by atoms with Gasteiger partial charge in [-0.25, -0.2) is 0 Å². The fourth-order valence-electron chi connectivity index (χ4n) is 3.61. The van der Waals surface area contributed by atoms with Crippen molar-refractivity contribution in [3.8, 4) is 5.75 Å². The summed E-state index contributed by atoms with van der Waals surface area (Å²) in [6, 6.07) is 18.0. The van der Waals surface area contributed by atoms with E-state index >= 15 is 0 Å². The molecule has 0 radical (unpaired) electrons. The molecule has 0 spiro atoms. The number of nitrogens with one attached hydrogen (secondary N) is 1. The van der Waals surface area contributed by atoms with E-state index in [1.807, 2.05) is 0 Å². The van der Waals surface area contributed by atoms with Crippen molar-refractivity contribution in [1.29, 1.82) is 0 Å². The Morgan fingerprint density at radius 2 is 1.88 bits per heavy atom. The average Bonchev–Trinajstić information content (AvgIpc) is 2.86. The monoisotopic (exact) mass is 373 g/mol. The number of aryl methyl sites for hydroxylation is 1. The first-order chi connectivity index (χ1) is 12.3. The Labute approximate surface area is 164 Å². The summed E-state index contributed by atoms with van der Waals surface area (Å²) in [4.78, 5) is 0. The maximum absolute atomic E-state index is 5.96. The second-order valence-electron chi connectivity index (χ2n) is 7.15. The molecule has 1 atom stereocenters. The number of ether oxygens (including phenoxy) is 1. The molecule has 2 aromatic rings. The predicted molar refractivity (Wildman–Crippen MR) is 112 cm³/mol. The fraction of sp³-hybridized carbons (Fsp3) is 0.478. The van der Waals surface area contributed by atoms with Crippen LogP contribution in [0.15, 0.2) is 48.5 Å². The number of unbranched alkanes of at least 4 members (excludes halogenated alkanes) is 2. The van der Waals surface area contributed by atoms with E-state index in [2.05, 4.69) is 60.8 Å². The third-order valence-electron chi connectivity index (χ3n) is 5.10. The van der Waals surface area contributed by atoms with E-state index in [9.17, 15) is 0 Å². The van der Waals surface area contributed by atoms with Crippen LogP contribution < -0.4 is 10.1 Å². The lowest BCUT2D eigenvalue weighted by Gasteiger charge is -2.17. The van der Waals surface area contributed by atoms with Crippen LogP contribution in [0.3, 0.4) is 0 Å². The Bertz CT molecular complexity index is 644. The normalized spacial score (nSPS) is 16.3. The second kappa shape index (κ2) is 11.3. The minimum atomic E-state index is 0. The SMILES string of the molecule is CCCCCOc1ccc2c(c1)CC(NCc1ccccc1)CCC2.Cl. The van der Waals surface area contributed by atoms with Gasteiger partial charge in [-0.15, -0.1) is 12.4 Å². The molecule has 3 rings (SSSR count). The van der Waals surface area contributed by atoms with Crippen molar-refractivity contribution in [2.45, 2.75) is 64.5 Å². The number of hydrogen-bond donors (Lipinski definition) is 1. The molecule has 0 saturated heterocycles. The van der Waals surface area contributed by atoms with E-state index in [-0.39, 0.29) is 12.4 Å². The number of halogens is 1. The first-order valence-electron chi connectivity index (χ1n) is 9.87. The highest BCUT2D eigenvalue weighted by Gasteiger charge is 2.17. The molecule has 0 heterocycles. The summed E-state index contributed by atoms with van der Waals surface area (Å²) in [7, 11) is 0. The second-order valence-corrected chi connectivity index (χ2v) is 7.15. The van der Waals surface area contributed by atoms with Gasteiger partial charge in [0.15, 0.2) is 0 Å². The molecule has 1 unspecified atom stereocenters. The maximum atomic E-state index is 5.96. The lowest BCUT2D eigenvalue weighted by Crippen LogP contribution is -2.30. The summed E-state index contributed by atoms with van der Waals surface area (Å²) < 4.78 is 5.96. The molecule has 2 nitrogen and oxygen atoms in total. The van der Waals surface area contributed by atoms with Gasteiger partial charge in [0.05, 0.1) is 6.61 Å². The zero-order chi connectivity index (χ0) is 17.3. The van der Waals surface area contributed by atoms with Crippen LogP contribution in [0.5, 0.6) is 5.75 Å². The van der Waals surface area contributed by atoms with Crippen molar-refractivity contribution in [2.24, 2.45) is 0 Å². The largest absolute Gasteiger partial charge is 0.494 e. The van der Waals surface area contributed by atoms with Gasteiger partial charge in [-0.3, -0.25) is 0 Å². The average molecular weight is 374 g/mol. The highest BCUT2D eigenvalue weighted by molar-refractivity contribution is 5.85. The quantitative estimate of drug-likeness (QED) is 0.472. The van der Waals surface area contributed by atoms with Gasteiger partial charge in [0.2, 0.25) is 0 Å². The van der Waals surface area contributed by atoms with Crippen molar-refractivity contribution in [2.75, 3.05) is 6.61 Å². The molecule has 1 aliphatic rings. The summed E-state index contributed by atoms with van der Waals surface area (Å²) in [5, 5.41) is 3.76. The Hall–Kier alpha value is -1.51. The number of rotatable bonds is 8. The predicted octanol–water partition coefficient (Wildman–Crippen LogP) is 5.71. The van der Waals surface area contributed by atoms with Crippen LogP contribution >= 0.6 is 12.4 Å².